The minimum atomic E-state index is -0.00183. The number of benzene rings is 1. The van der Waals surface area contributed by atoms with Crippen LogP contribution in [0.2, 0.25) is 0 Å². The summed E-state index contributed by atoms with van der Waals surface area (Å²) in [5, 5.41) is 3.36. The van der Waals surface area contributed by atoms with Gasteiger partial charge in [-0.15, -0.1) is 0 Å². The highest BCUT2D eigenvalue weighted by Gasteiger charge is 2.31. The molecule has 5 nitrogen and oxygen atoms in total. The number of hydrogen-bond donors (Lipinski definition) is 1. The SMILES string of the molecule is O=C(C1=Cc2ccccc2OC1)N1CCNCC1c1cccnc1. The van der Waals surface area contributed by atoms with Gasteiger partial charge in [-0.2, -0.15) is 0 Å². The van der Waals surface area contributed by atoms with E-state index in [-0.39, 0.29) is 11.9 Å². The van der Waals surface area contributed by atoms with Gasteiger partial charge in [0.1, 0.15) is 12.4 Å². The van der Waals surface area contributed by atoms with Gasteiger partial charge in [0.15, 0.2) is 0 Å². The predicted octanol–water partition coefficient (Wildman–Crippen LogP) is 2.03. The molecule has 2 aliphatic heterocycles. The average Bonchev–Trinajstić information content (AvgIpc) is 2.68. The molecule has 1 saturated heterocycles. The summed E-state index contributed by atoms with van der Waals surface area (Å²) in [7, 11) is 0. The Hall–Kier alpha value is -2.66. The molecule has 1 N–H and O–H groups in total. The number of pyridine rings is 1. The second-order valence-electron chi connectivity index (χ2n) is 6.00. The number of piperazine rings is 1. The van der Waals surface area contributed by atoms with Crippen molar-refractivity contribution in [2.24, 2.45) is 0 Å². The molecule has 1 amide bonds. The normalized spacial score (nSPS) is 19.9. The maximum Gasteiger partial charge on any atom is 0.253 e. The van der Waals surface area contributed by atoms with Crippen LogP contribution in [-0.4, -0.2) is 42.0 Å². The van der Waals surface area contributed by atoms with Crippen LogP contribution in [0.25, 0.3) is 6.08 Å². The second-order valence-corrected chi connectivity index (χ2v) is 6.00. The smallest absolute Gasteiger partial charge is 0.253 e. The second kappa shape index (κ2) is 6.45. The molecule has 2 aliphatic rings. The van der Waals surface area contributed by atoms with Gasteiger partial charge in [0.25, 0.3) is 5.91 Å². The lowest BCUT2D eigenvalue weighted by atomic mass is 10.0. The van der Waals surface area contributed by atoms with Crippen molar-refractivity contribution in [2.75, 3.05) is 26.2 Å². The molecule has 24 heavy (non-hydrogen) atoms. The van der Waals surface area contributed by atoms with Crippen LogP contribution in [-0.2, 0) is 4.79 Å². The molecule has 1 unspecified atom stereocenters. The molecular formula is C19H19N3O2. The molecule has 0 spiro atoms. The Kier molecular flexibility index (Phi) is 4.01. The zero-order chi connectivity index (χ0) is 16.4. The molecule has 1 atom stereocenters. The van der Waals surface area contributed by atoms with E-state index >= 15 is 0 Å². The van der Waals surface area contributed by atoms with Crippen molar-refractivity contribution in [3.8, 4) is 5.75 Å². The van der Waals surface area contributed by atoms with Crippen molar-refractivity contribution in [3.63, 3.8) is 0 Å². The molecule has 1 aromatic heterocycles. The highest BCUT2D eigenvalue weighted by Crippen LogP contribution is 2.29. The third kappa shape index (κ3) is 2.78. The predicted molar refractivity (Wildman–Crippen MR) is 91.5 cm³/mol. The number of hydrogen-bond acceptors (Lipinski definition) is 4. The fraction of sp³-hybridized carbons (Fsp3) is 0.263. The number of ether oxygens (including phenoxy) is 1. The van der Waals surface area contributed by atoms with Crippen LogP contribution in [0.1, 0.15) is 17.2 Å². The molecule has 5 heteroatoms. The number of nitrogens with one attached hydrogen (secondary N) is 1. The van der Waals surface area contributed by atoms with Gasteiger partial charge in [-0.3, -0.25) is 9.78 Å². The zero-order valence-corrected chi connectivity index (χ0v) is 13.3. The van der Waals surface area contributed by atoms with E-state index in [2.05, 4.69) is 10.3 Å². The highest BCUT2D eigenvalue weighted by molar-refractivity contribution is 5.99. The standard InChI is InChI=1S/C19H19N3O2/c23-19(16-10-14-4-1-2-6-18(14)24-13-16)22-9-8-21-12-17(22)15-5-3-7-20-11-15/h1-7,10-11,17,21H,8-9,12-13H2. The van der Waals surface area contributed by atoms with Gasteiger partial charge < -0.3 is 15.0 Å². The van der Waals surface area contributed by atoms with Gasteiger partial charge >= 0.3 is 0 Å². The summed E-state index contributed by atoms with van der Waals surface area (Å²) in [5.74, 6) is 0.873. The Balaban J connectivity index is 1.62. The number of nitrogens with zero attached hydrogens (tertiary/aromatic N) is 2. The van der Waals surface area contributed by atoms with E-state index in [1.807, 2.05) is 53.6 Å². The van der Waals surface area contributed by atoms with E-state index in [4.69, 9.17) is 4.74 Å². The Morgan fingerprint density at radius 1 is 1.25 bits per heavy atom. The number of para-hydroxylation sites is 1. The Bertz CT molecular complexity index is 773. The number of rotatable bonds is 2. The lowest BCUT2D eigenvalue weighted by Gasteiger charge is -2.37. The monoisotopic (exact) mass is 321 g/mol. The van der Waals surface area contributed by atoms with Gasteiger partial charge in [-0.25, -0.2) is 0 Å². The lowest BCUT2D eigenvalue weighted by molar-refractivity contribution is -0.130. The summed E-state index contributed by atoms with van der Waals surface area (Å²) < 4.78 is 5.75. The number of fused-ring (bicyclic) bond motifs is 1. The summed E-state index contributed by atoms with van der Waals surface area (Å²) in [6.45, 7) is 2.53. The van der Waals surface area contributed by atoms with Crippen LogP contribution in [0.5, 0.6) is 5.75 Å². The van der Waals surface area contributed by atoms with Crippen molar-refractivity contribution in [2.45, 2.75) is 6.04 Å². The molecule has 4 rings (SSSR count). The van der Waals surface area contributed by atoms with Gasteiger partial charge in [0.05, 0.1) is 11.6 Å². The zero-order valence-electron chi connectivity index (χ0n) is 13.3. The topological polar surface area (TPSA) is 54.5 Å². The van der Waals surface area contributed by atoms with Gasteiger partial charge in [0.2, 0.25) is 0 Å². The molecule has 0 bridgehead atoms. The first-order valence-electron chi connectivity index (χ1n) is 8.17. The molecule has 2 aromatic rings. The van der Waals surface area contributed by atoms with Crippen molar-refractivity contribution in [1.29, 1.82) is 0 Å². The fourth-order valence-electron chi connectivity index (χ4n) is 3.24. The maximum absolute atomic E-state index is 13.1. The van der Waals surface area contributed by atoms with Gasteiger partial charge in [-0.05, 0) is 23.8 Å². The molecule has 1 aromatic carbocycles. The number of aromatic nitrogens is 1. The van der Waals surface area contributed by atoms with Gasteiger partial charge in [0, 0.05) is 37.6 Å². The largest absolute Gasteiger partial charge is 0.488 e. The Labute approximate surface area is 141 Å². The Morgan fingerprint density at radius 2 is 2.17 bits per heavy atom. The van der Waals surface area contributed by atoms with E-state index in [0.29, 0.717) is 18.7 Å². The quantitative estimate of drug-likeness (QED) is 0.919. The maximum atomic E-state index is 13.1. The lowest BCUT2D eigenvalue weighted by Crippen LogP contribution is -2.49. The summed E-state index contributed by atoms with van der Waals surface area (Å²) in [5.41, 5.74) is 2.71. The van der Waals surface area contributed by atoms with E-state index < -0.39 is 0 Å². The van der Waals surface area contributed by atoms with Crippen LogP contribution in [0.4, 0.5) is 0 Å². The average molecular weight is 321 g/mol. The summed E-state index contributed by atoms with van der Waals surface area (Å²) in [6, 6.07) is 11.7. The van der Waals surface area contributed by atoms with E-state index in [0.717, 1.165) is 30.0 Å². The molecule has 0 aliphatic carbocycles. The van der Waals surface area contributed by atoms with Crippen LogP contribution in [0.15, 0.2) is 54.4 Å². The molecule has 1 fully saturated rings. The minimum Gasteiger partial charge on any atom is -0.488 e. The van der Waals surface area contributed by atoms with Crippen molar-refractivity contribution in [1.82, 2.24) is 15.2 Å². The van der Waals surface area contributed by atoms with Crippen LogP contribution in [0.3, 0.4) is 0 Å². The molecule has 0 radical (unpaired) electrons. The minimum absolute atomic E-state index is 0.00183. The van der Waals surface area contributed by atoms with Crippen LogP contribution >= 0.6 is 0 Å². The summed E-state index contributed by atoms with van der Waals surface area (Å²) in [4.78, 5) is 19.2. The first kappa shape index (κ1) is 14.9. The van der Waals surface area contributed by atoms with Crippen LogP contribution < -0.4 is 10.1 Å². The third-order valence-electron chi connectivity index (χ3n) is 4.48. The number of amides is 1. The molecular weight excluding hydrogens is 302 g/mol. The van der Waals surface area contributed by atoms with Crippen molar-refractivity contribution in [3.05, 3.63) is 65.5 Å². The fourth-order valence-corrected chi connectivity index (χ4v) is 3.24. The first-order chi connectivity index (χ1) is 11.8. The van der Waals surface area contributed by atoms with Crippen molar-refractivity contribution >= 4 is 12.0 Å². The highest BCUT2D eigenvalue weighted by atomic mass is 16.5. The van der Waals surface area contributed by atoms with E-state index in [1.165, 1.54) is 0 Å². The number of carbonyl (C=O) groups is 1. The summed E-state index contributed by atoms with van der Waals surface area (Å²) in [6.07, 6.45) is 5.53. The first-order valence-corrected chi connectivity index (χ1v) is 8.17. The van der Waals surface area contributed by atoms with E-state index in [9.17, 15) is 4.79 Å². The number of carbonyl (C=O) groups excluding carboxylic acids is 1. The molecule has 122 valence electrons. The summed E-state index contributed by atoms with van der Waals surface area (Å²) >= 11 is 0. The molecule has 0 saturated carbocycles. The Morgan fingerprint density at radius 3 is 3.04 bits per heavy atom. The van der Waals surface area contributed by atoms with Crippen LogP contribution in [0, 0.1) is 0 Å². The van der Waals surface area contributed by atoms with Gasteiger partial charge in [-0.1, -0.05) is 24.3 Å². The molecule has 3 heterocycles. The third-order valence-corrected chi connectivity index (χ3v) is 4.48. The van der Waals surface area contributed by atoms with E-state index in [1.54, 1.807) is 6.20 Å². The van der Waals surface area contributed by atoms with Crippen molar-refractivity contribution < 1.29 is 9.53 Å².